The number of nitrogens with two attached hydrogens (primary N) is 1. The molecule has 0 aromatic heterocycles. The maximum atomic E-state index is 10.9. The minimum atomic E-state index is -0.342. The second-order valence-corrected chi connectivity index (χ2v) is 3.88. The number of Topliss-reactive ketones (excluding diaryl/α,β-unsaturated/α-hetero) is 1. The monoisotopic (exact) mass is 209 g/mol. The molecule has 0 bridgehead atoms. The summed E-state index contributed by atoms with van der Waals surface area (Å²) >= 11 is 1.36. The fourth-order valence-corrected chi connectivity index (χ4v) is 1.58. The van der Waals surface area contributed by atoms with Crippen LogP contribution in [-0.4, -0.2) is 17.4 Å². The molecule has 0 fully saturated rings. The lowest BCUT2D eigenvalue weighted by Gasteiger charge is -1.99. The van der Waals surface area contributed by atoms with Crippen LogP contribution in [0.25, 0.3) is 0 Å². The summed E-state index contributed by atoms with van der Waals surface area (Å²) in [7, 11) is 0. The molecule has 74 valence electrons. The van der Waals surface area contributed by atoms with E-state index in [0.717, 1.165) is 4.90 Å². The predicted molar refractivity (Wildman–Crippen MR) is 56.4 cm³/mol. The van der Waals surface area contributed by atoms with E-state index < -0.39 is 0 Å². The van der Waals surface area contributed by atoms with Gasteiger partial charge in [-0.05, 0) is 19.1 Å². The Labute approximate surface area is 86.7 Å². The molecule has 1 amide bonds. The van der Waals surface area contributed by atoms with E-state index in [1.54, 1.807) is 12.1 Å². The molecule has 0 heterocycles. The van der Waals surface area contributed by atoms with Crippen LogP contribution in [0.2, 0.25) is 0 Å². The zero-order valence-corrected chi connectivity index (χ0v) is 8.64. The first-order valence-electron chi connectivity index (χ1n) is 4.11. The minimum Gasteiger partial charge on any atom is -0.369 e. The lowest BCUT2D eigenvalue weighted by molar-refractivity contribution is -0.115. The van der Waals surface area contributed by atoms with Crippen molar-refractivity contribution in [1.29, 1.82) is 0 Å². The number of amides is 1. The third-order valence-corrected chi connectivity index (χ3v) is 2.68. The van der Waals surface area contributed by atoms with Crippen LogP contribution >= 0.6 is 11.8 Å². The van der Waals surface area contributed by atoms with Gasteiger partial charge < -0.3 is 5.73 Å². The molecule has 0 spiro atoms. The smallest absolute Gasteiger partial charge is 0.227 e. The van der Waals surface area contributed by atoms with Crippen molar-refractivity contribution in [3.8, 4) is 0 Å². The van der Waals surface area contributed by atoms with Gasteiger partial charge in [-0.15, -0.1) is 11.8 Å². The molecule has 0 radical (unpaired) electrons. The third-order valence-electron chi connectivity index (χ3n) is 1.64. The van der Waals surface area contributed by atoms with Crippen LogP contribution in [0, 0.1) is 0 Å². The van der Waals surface area contributed by atoms with E-state index in [4.69, 9.17) is 5.73 Å². The Morgan fingerprint density at radius 2 is 1.86 bits per heavy atom. The second-order valence-electron chi connectivity index (χ2n) is 2.84. The van der Waals surface area contributed by atoms with Crippen LogP contribution in [-0.2, 0) is 4.79 Å². The molecule has 0 saturated heterocycles. The van der Waals surface area contributed by atoms with Gasteiger partial charge in [0.05, 0.1) is 5.75 Å². The molecule has 2 N–H and O–H groups in total. The van der Waals surface area contributed by atoms with Crippen molar-refractivity contribution in [2.45, 2.75) is 11.8 Å². The Balaban J connectivity index is 2.64. The number of rotatable bonds is 4. The summed E-state index contributed by atoms with van der Waals surface area (Å²) in [5, 5.41) is 0. The Hall–Kier alpha value is -1.29. The molecule has 1 aromatic rings. The summed E-state index contributed by atoms with van der Waals surface area (Å²) in [6, 6.07) is 7.10. The Morgan fingerprint density at radius 3 is 2.29 bits per heavy atom. The molecule has 4 heteroatoms. The number of carbonyl (C=O) groups excluding carboxylic acids is 2. The first-order chi connectivity index (χ1) is 6.59. The van der Waals surface area contributed by atoms with Crippen LogP contribution in [0.5, 0.6) is 0 Å². The van der Waals surface area contributed by atoms with Gasteiger partial charge in [-0.1, -0.05) is 12.1 Å². The summed E-state index contributed by atoms with van der Waals surface area (Å²) in [4.78, 5) is 22.4. The van der Waals surface area contributed by atoms with Crippen molar-refractivity contribution < 1.29 is 9.59 Å². The van der Waals surface area contributed by atoms with E-state index in [9.17, 15) is 9.59 Å². The van der Waals surface area contributed by atoms with Gasteiger partial charge in [-0.2, -0.15) is 0 Å². The van der Waals surface area contributed by atoms with E-state index in [1.807, 2.05) is 12.1 Å². The Bertz CT molecular complexity index is 346. The average Bonchev–Trinajstić information content (AvgIpc) is 2.15. The molecule has 1 rings (SSSR count). The van der Waals surface area contributed by atoms with Crippen molar-refractivity contribution >= 4 is 23.5 Å². The summed E-state index contributed by atoms with van der Waals surface area (Å²) in [5.41, 5.74) is 5.68. The van der Waals surface area contributed by atoms with Crippen LogP contribution in [0.15, 0.2) is 29.2 Å². The number of thioether (sulfide) groups is 1. The van der Waals surface area contributed by atoms with Gasteiger partial charge >= 0.3 is 0 Å². The highest BCUT2D eigenvalue weighted by molar-refractivity contribution is 8.00. The highest BCUT2D eigenvalue weighted by Gasteiger charge is 2.00. The maximum absolute atomic E-state index is 10.9. The van der Waals surface area contributed by atoms with Crippen molar-refractivity contribution in [3.05, 3.63) is 29.8 Å². The number of hydrogen-bond acceptors (Lipinski definition) is 3. The van der Waals surface area contributed by atoms with Crippen molar-refractivity contribution in [1.82, 2.24) is 0 Å². The number of carbonyl (C=O) groups is 2. The lowest BCUT2D eigenvalue weighted by atomic mass is 10.2. The van der Waals surface area contributed by atoms with E-state index >= 15 is 0 Å². The van der Waals surface area contributed by atoms with Crippen molar-refractivity contribution in [2.75, 3.05) is 5.75 Å². The molecule has 0 atom stereocenters. The van der Waals surface area contributed by atoms with E-state index in [2.05, 4.69) is 0 Å². The van der Waals surface area contributed by atoms with Gasteiger partial charge in [0.15, 0.2) is 5.78 Å². The molecular formula is C10H11NO2S. The molecule has 0 unspecified atom stereocenters. The zero-order valence-electron chi connectivity index (χ0n) is 7.82. The first-order valence-corrected chi connectivity index (χ1v) is 5.10. The molecule has 1 aromatic carbocycles. The van der Waals surface area contributed by atoms with Gasteiger partial charge in [0, 0.05) is 10.5 Å². The maximum Gasteiger partial charge on any atom is 0.227 e. The molecular weight excluding hydrogens is 198 g/mol. The highest BCUT2D eigenvalue weighted by Crippen LogP contribution is 2.17. The van der Waals surface area contributed by atoms with Crippen LogP contribution in [0.4, 0.5) is 0 Å². The van der Waals surface area contributed by atoms with Gasteiger partial charge in [0.1, 0.15) is 0 Å². The Kier molecular flexibility index (Phi) is 3.71. The first kappa shape index (κ1) is 10.8. The number of hydrogen-bond donors (Lipinski definition) is 1. The molecule has 3 nitrogen and oxygen atoms in total. The van der Waals surface area contributed by atoms with E-state index in [-0.39, 0.29) is 17.4 Å². The molecule has 14 heavy (non-hydrogen) atoms. The average molecular weight is 209 g/mol. The quantitative estimate of drug-likeness (QED) is 0.603. The largest absolute Gasteiger partial charge is 0.369 e. The summed E-state index contributed by atoms with van der Waals surface area (Å²) in [6.45, 7) is 1.52. The van der Waals surface area contributed by atoms with Gasteiger partial charge in [0.2, 0.25) is 5.91 Å². The fourth-order valence-electron chi connectivity index (χ4n) is 0.940. The predicted octanol–water partition coefficient (Wildman–Crippen LogP) is 1.47. The third kappa shape index (κ3) is 3.22. The number of ketones is 1. The van der Waals surface area contributed by atoms with E-state index in [1.165, 1.54) is 18.7 Å². The zero-order chi connectivity index (χ0) is 10.6. The fraction of sp³-hybridized carbons (Fsp3) is 0.200. The standard InChI is InChI=1S/C10H11NO2S/c1-7(12)8-2-4-9(5-3-8)14-6-10(11)13/h2-5H,6H2,1H3,(H2,11,13). The van der Waals surface area contributed by atoms with Gasteiger partial charge in [-0.25, -0.2) is 0 Å². The van der Waals surface area contributed by atoms with Crippen molar-refractivity contribution in [3.63, 3.8) is 0 Å². The molecule has 0 aliphatic rings. The summed E-state index contributed by atoms with van der Waals surface area (Å²) in [6.07, 6.45) is 0. The SMILES string of the molecule is CC(=O)c1ccc(SCC(N)=O)cc1. The molecule has 0 saturated carbocycles. The Morgan fingerprint density at radius 1 is 1.29 bits per heavy atom. The lowest BCUT2D eigenvalue weighted by Crippen LogP contribution is -2.12. The van der Waals surface area contributed by atoms with Crippen LogP contribution in [0.1, 0.15) is 17.3 Å². The normalized spacial score (nSPS) is 9.79. The number of benzene rings is 1. The van der Waals surface area contributed by atoms with E-state index in [0.29, 0.717) is 5.56 Å². The summed E-state index contributed by atoms with van der Waals surface area (Å²) < 4.78 is 0. The van der Waals surface area contributed by atoms with Crippen molar-refractivity contribution in [2.24, 2.45) is 5.73 Å². The highest BCUT2D eigenvalue weighted by atomic mass is 32.2. The topological polar surface area (TPSA) is 60.2 Å². The van der Waals surface area contributed by atoms with Crippen LogP contribution < -0.4 is 5.73 Å². The minimum absolute atomic E-state index is 0.0384. The number of primary amides is 1. The molecule has 0 aliphatic heterocycles. The van der Waals surface area contributed by atoms with Gasteiger partial charge in [-0.3, -0.25) is 9.59 Å². The molecule has 0 aliphatic carbocycles. The van der Waals surface area contributed by atoms with Gasteiger partial charge in [0.25, 0.3) is 0 Å². The van der Waals surface area contributed by atoms with Crippen LogP contribution in [0.3, 0.4) is 0 Å². The summed E-state index contributed by atoms with van der Waals surface area (Å²) in [5.74, 6) is -0.0403. The second kappa shape index (κ2) is 4.81.